The molecule has 1 aliphatic rings. The Morgan fingerprint density at radius 1 is 1.06 bits per heavy atom. The molecular formula is C26H25FN6O. The standard InChI is InChI=1S/C26H25FN6O/c1-18-9-10-21(16-22(18)27)29-26(34)20-8-5-14-32(17-20)23-11-12-24(31-30-23)33-15-13-28-25(33)19-6-3-2-4-7-19/h2-4,6-7,9-13,15-16,20H,5,8,14,17H2,1H3,(H,29,34). The van der Waals surface area contributed by atoms with Gasteiger partial charge in [-0.25, -0.2) is 9.37 Å². The largest absolute Gasteiger partial charge is 0.354 e. The number of hydrogen-bond acceptors (Lipinski definition) is 5. The van der Waals surface area contributed by atoms with Crippen molar-refractivity contribution in [3.63, 3.8) is 0 Å². The van der Waals surface area contributed by atoms with E-state index >= 15 is 0 Å². The molecule has 7 nitrogen and oxygen atoms in total. The highest BCUT2D eigenvalue weighted by molar-refractivity contribution is 5.93. The van der Waals surface area contributed by atoms with Gasteiger partial charge in [0.15, 0.2) is 11.6 Å². The van der Waals surface area contributed by atoms with Crippen molar-refractivity contribution in [1.82, 2.24) is 19.7 Å². The number of hydrogen-bond donors (Lipinski definition) is 1. The predicted octanol–water partition coefficient (Wildman–Crippen LogP) is 4.63. The number of aryl methyl sites for hydroxylation is 1. The Balaban J connectivity index is 1.28. The number of anilines is 2. The van der Waals surface area contributed by atoms with Crippen LogP contribution in [0.2, 0.25) is 0 Å². The minimum Gasteiger partial charge on any atom is -0.354 e. The van der Waals surface area contributed by atoms with E-state index in [1.807, 2.05) is 53.2 Å². The summed E-state index contributed by atoms with van der Waals surface area (Å²) in [5, 5.41) is 11.7. The fourth-order valence-corrected chi connectivity index (χ4v) is 4.22. The summed E-state index contributed by atoms with van der Waals surface area (Å²) in [6, 6.07) is 18.5. The van der Waals surface area contributed by atoms with Crippen LogP contribution in [0.25, 0.3) is 17.2 Å². The highest BCUT2D eigenvalue weighted by atomic mass is 19.1. The summed E-state index contributed by atoms with van der Waals surface area (Å²) in [6.45, 7) is 3.04. The van der Waals surface area contributed by atoms with Gasteiger partial charge < -0.3 is 10.2 Å². The molecular weight excluding hydrogens is 431 g/mol. The van der Waals surface area contributed by atoms with Crippen molar-refractivity contribution in [3.8, 4) is 17.2 Å². The highest BCUT2D eigenvalue weighted by Gasteiger charge is 2.27. The van der Waals surface area contributed by atoms with Crippen LogP contribution in [0, 0.1) is 18.7 Å². The molecule has 1 N–H and O–H groups in total. The summed E-state index contributed by atoms with van der Waals surface area (Å²) < 4.78 is 15.7. The van der Waals surface area contributed by atoms with Crippen molar-refractivity contribution < 1.29 is 9.18 Å². The van der Waals surface area contributed by atoms with Gasteiger partial charge in [0.05, 0.1) is 5.92 Å². The first-order valence-electron chi connectivity index (χ1n) is 11.3. The number of imidazole rings is 1. The Hall–Kier alpha value is -4.07. The van der Waals surface area contributed by atoms with Crippen LogP contribution in [-0.4, -0.2) is 38.7 Å². The van der Waals surface area contributed by atoms with Gasteiger partial charge in [0.1, 0.15) is 11.6 Å². The lowest BCUT2D eigenvalue weighted by Gasteiger charge is -2.32. The smallest absolute Gasteiger partial charge is 0.229 e. The second kappa shape index (κ2) is 9.43. The SMILES string of the molecule is Cc1ccc(NC(=O)C2CCCN(c3ccc(-n4ccnc4-c4ccccc4)nn3)C2)cc1F. The van der Waals surface area contributed by atoms with Crippen LogP contribution in [0.4, 0.5) is 15.9 Å². The van der Waals surface area contributed by atoms with Gasteiger partial charge >= 0.3 is 0 Å². The molecule has 1 saturated heterocycles. The number of nitrogens with one attached hydrogen (secondary N) is 1. The molecule has 0 radical (unpaired) electrons. The zero-order valence-corrected chi connectivity index (χ0v) is 18.9. The lowest BCUT2D eigenvalue weighted by atomic mass is 9.97. The molecule has 1 atom stereocenters. The Kier molecular flexibility index (Phi) is 6.03. The molecule has 1 aliphatic heterocycles. The van der Waals surface area contributed by atoms with Crippen LogP contribution in [0.3, 0.4) is 0 Å². The predicted molar refractivity (Wildman–Crippen MR) is 129 cm³/mol. The average molecular weight is 457 g/mol. The maximum absolute atomic E-state index is 13.8. The molecule has 0 bridgehead atoms. The molecule has 3 heterocycles. The van der Waals surface area contributed by atoms with Gasteiger partial charge in [0.2, 0.25) is 5.91 Å². The molecule has 1 fully saturated rings. The number of amides is 1. The van der Waals surface area contributed by atoms with Gasteiger partial charge in [0.25, 0.3) is 0 Å². The fraction of sp³-hybridized carbons (Fsp3) is 0.231. The molecule has 0 aliphatic carbocycles. The summed E-state index contributed by atoms with van der Waals surface area (Å²) in [4.78, 5) is 19.4. The van der Waals surface area contributed by atoms with Gasteiger partial charge in [0, 0.05) is 36.7 Å². The molecule has 2 aromatic heterocycles. The summed E-state index contributed by atoms with van der Waals surface area (Å²) >= 11 is 0. The summed E-state index contributed by atoms with van der Waals surface area (Å²) in [7, 11) is 0. The number of nitrogens with zero attached hydrogens (tertiary/aromatic N) is 5. The van der Waals surface area contributed by atoms with Gasteiger partial charge in [-0.1, -0.05) is 36.4 Å². The molecule has 2 aromatic carbocycles. The molecule has 1 amide bonds. The fourth-order valence-electron chi connectivity index (χ4n) is 4.22. The molecule has 0 spiro atoms. The Bertz CT molecular complexity index is 1290. The summed E-state index contributed by atoms with van der Waals surface area (Å²) in [5.74, 6) is 1.55. The normalized spacial score (nSPS) is 15.8. The van der Waals surface area contributed by atoms with Gasteiger partial charge in [-0.2, -0.15) is 0 Å². The number of carbonyl (C=O) groups is 1. The molecule has 0 saturated carbocycles. The lowest BCUT2D eigenvalue weighted by molar-refractivity contribution is -0.120. The van der Waals surface area contributed by atoms with Crippen molar-refractivity contribution in [2.45, 2.75) is 19.8 Å². The van der Waals surface area contributed by atoms with E-state index in [2.05, 4.69) is 25.4 Å². The van der Waals surface area contributed by atoms with Gasteiger partial charge in [-0.05, 0) is 49.6 Å². The van der Waals surface area contributed by atoms with Crippen molar-refractivity contribution in [2.75, 3.05) is 23.3 Å². The number of benzene rings is 2. The average Bonchev–Trinajstić information content (AvgIpc) is 3.37. The second-order valence-electron chi connectivity index (χ2n) is 8.47. The van der Waals surface area contributed by atoms with Crippen LogP contribution < -0.4 is 10.2 Å². The van der Waals surface area contributed by atoms with E-state index in [0.29, 0.717) is 23.6 Å². The monoisotopic (exact) mass is 456 g/mol. The lowest BCUT2D eigenvalue weighted by Crippen LogP contribution is -2.41. The Labute approximate surface area is 197 Å². The van der Waals surface area contributed by atoms with E-state index in [-0.39, 0.29) is 17.6 Å². The van der Waals surface area contributed by atoms with Crippen molar-refractivity contribution >= 4 is 17.4 Å². The van der Waals surface area contributed by atoms with E-state index in [9.17, 15) is 9.18 Å². The molecule has 172 valence electrons. The van der Waals surface area contributed by atoms with E-state index in [4.69, 9.17) is 0 Å². The number of halogens is 1. The molecule has 34 heavy (non-hydrogen) atoms. The van der Waals surface area contributed by atoms with Crippen molar-refractivity contribution in [3.05, 3.63) is 84.4 Å². The molecule has 5 rings (SSSR count). The number of carbonyl (C=O) groups excluding carboxylic acids is 1. The van der Waals surface area contributed by atoms with Gasteiger partial charge in [-0.15, -0.1) is 10.2 Å². The van der Waals surface area contributed by atoms with Crippen molar-refractivity contribution in [1.29, 1.82) is 0 Å². The van der Waals surface area contributed by atoms with Crippen LogP contribution in [0.1, 0.15) is 18.4 Å². The maximum Gasteiger partial charge on any atom is 0.229 e. The molecule has 4 aromatic rings. The van der Waals surface area contributed by atoms with Crippen molar-refractivity contribution in [2.24, 2.45) is 5.92 Å². The van der Waals surface area contributed by atoms with Gasteiger partial charge in [-0.3, -0.25) is 9.36 Å². The van der Waals surface area contributed by atoms with E-state index < -0.39 is 0 Å². The summed E-state index contributed by atoms with van der Waals surface area (Å²) in [5.41, 5.74) is 2.02. The zero-order valence-electron chi connectivity index (χ0n) is 18.9. The second-order valence-corrected chi connectivity index (χ2v) is 8.47. The van der Waals surface area contributed by atoms with Crippen LogP contribution in [0.5, 0.6) is 0 Å². The number of piperidine rings is 1. The quantitative estimate of drug-likeness (QED) is 0.474. The first kappa shape index (κ1) is 21.8. The number of aromatic nitrogens is 4. The first-order chi connectivity index (χ1) is 16.6. The minimum absolute atomic E-state index is 0.108. The third-order valence-electron chi connectivity index (χ3n) is 6.11. The highest BCUT2D eigenvalue weighted by Crippen LogP contribution is 2.25. The van der Waals surface area contributed by atoms with Crippen LogP contribution in [-0.2, 0) is 4.79 Å². The van der Waals surface area contributed by atoms with E-state index in [1.54, 1.807) is 25.3 Å². The third kappa shape index (κ3) is 4.52. The topological polar surface area (TPSA) is 75.9 Å². The van der Waals surface area contributed by atoms with Crippen LogP contribution >= 0.6 is 0 Å². The van der Waals surface area contributed by atoms with E-state index in [0.717, 1.165) is 36.6 Å². The molecule has 1 unspecified atom stereocenters. The zero-order chi connectivity index (χ0) is 23.5. The molecule has 8 heteroatoms. The first-order valence-corrected chi connectivity index (χ1v) is 11.3. The number of rotatable bonds is 5. The Morgan fingerprint density at radius 3 is 2.62 bits per heavy atom. The maximum atomic E-state index is 13.8. The minimum atomic E-state index is -0.327. The van der Waals surface area contributed by atoms with E-state index in [1.165, 1.54) is 6.07 Å². The van der Waals surface area contributed by atoms with Crippen LogP contribution in [0.15, 0.2) is 73.1 Å². The third-order valence-corrected chi connectivity index (χ3v) is 6.11. The summed E-state index contributed by atoms with van der Waals surface area (Å²) in [6.07, 6.45) is 5.24. The Morgan fingerprint density at radius 2 is 1.85 bits per heavy atom.